The molecule has 2 atom stereocenters. The molecule has 0 saturated heterocycles. The van der Waals surface area contributed by atoms with Gasteiger partial charge < -0.3 is 10.6 Å². The maximum atomic E-state index is 13.5. The first-order valence-electron chi connectivity index (χ1n) is 10.7. The van der Waals surface area contributed by atoms with E-state index in [1.165, 1.54) is 0 Å². The number of benzene rings is 1. The van der Waals surface area contributed by atoms with Gasteiger partial charge in [0.2, 0.25) is 0 Å². The van der Waals surface area contributed by atoms with Gasteiger partial charge in [-0.15, -0.1) is 0 Å². The lowest BCUT2D eigenvalue weighted by atomic mass is 9.62. The summed E-state index contributed by atoms with van der Waals surface area (Å²) in [5.74, 6) is -0.0290. The second-order valence-electron chi connectivity index (χ2n) is 9.16. The van der Waals surface area contributed by atoms with Crippen molar-refractivity contribution >= 4 is 5.91 Å². The summed E-state index contributed by atoms with van der Waals surface area (Å²) >= 11 is 0. The van der Waals surface area contributed by atoms with Crippen molar-refractivity contribution in [3.05, 3.63) is 70.8 Å². The Kier molecular flexibility index (Phi) is 4.32. The Morgan fingerprint density at radius 3 is 2.81 bits per heavy atom. The molecule has 7 heteroatoms. The predicted octanol–water partition coefficient (Wildman–Crippen LogP) is 3.93. The molecule has 1 unspecified atom stereocenters. The van der Waals surface area contributed by atoms with E-state index in [9.17, 15) is 4.79 Å². The average molecular weight is 415 g/mol. The van der Waals surface area contributed by atoms with Crippen LogP contribution in [0.2, 0.25) is 0 Å². The summed E-state index contributed by atoms with van der Waals surface area (Å²) in [6.45, 7) is 8.16. The number of aromatic nitrogens is 2. The first kappa shape index (κ1) is 19.6. The van der Waals surface area contributed by atoms with Crippen molar-refractivity contribution < 1.29 is 4.79 Å². The van der Waals surface area contributed by atoms with Gasteiger partial charge >= 0.3 is 0 Å². The van der Waals surface area contributed by atoms with Gasteiger partial charge in [-0.05, 0) is 50.5 Å². The number of nitrogens with zero attached hydrogens (tertiary/aromatic N) is 4. The molecule has 1 amide bonds. The van der Waals surface area contributed by atoms with E-state index in [0.717, 1.165) is 52.1 Å². The third-order valence-electron chi connectivity index (χ3n) is 6.50. The Hall–Kier alpha value is -3.35. The van der Waals surface area contributed by atoms with Crippen LogP contribution in [0.3, 0.4) is 0 Å². The molecular weight excluding hydrogens is 388 g/mol. The van der Waals surface area contributed by atoms with Crippen molar-refractivity contribution in [1.29, 1.82) is 0 Å². The molecule has 7 nitrogen and oxygen atoms in total. The van der Waals surface area contributed by atoms with Gasteiger partial charge in [0.1, 0.15) is 0 Å². The van der Waals surface area contributed by atoms with Gasteiger partial charge in [0.15, 0.2) is 6.17 Å². The van der Waals surface area contributed by atoms with Crippen molar-refractivity contribution in [3.8, 4) is 11.1 Å². The monoisotopic (exact) mass is 414 g/mol. The van der Waals surface area contributed by atoms with Crippen LogP contribution in [0.25, 0.3) is 11.1 Å². The second kappa shape index (κ2) is 6.83. The van der Waals surface area contributed by atoms with Crippen molar-refractivity contribution in [2.24, 2.45) is 10.2 Å². The first-order chi connectivity index (χ1) is 14.8. The standard InChI is InChI=1S/C24H26N6O/c1-5-24(17-8-6-7-15(10-17)16-9-14(2)29-25-12-16)18-13-26-30-21(18)27-19-11-23(3,4)28-22(31)20(19)24/h6-10,12-13,21,27H,5,11H2,1-4H3,(H,28,31)/t21?,24-/m1/s1. The van der Waals surface area contributed by atoms with E-state index >= 15 is 0 Å². The molecule has 1 aromatic heterocycles. The number of amides is 1. The number of aryl methyl sites for hydroxylation is 1. The SMILES string of the molecule is CC[C@@]1(c2cccc(-c3cnnc(C)c3)c2)C2=CN=NC2NC2=C1C(=O)NC(C)(C)C2. The Labute approximate surface area is 181 Å². The fraction of sp³-hybridized carbons (Fsp3) is 0.375. The third kappa shape index (κ3) is 2.99. The van der Waals surface area contributed by atoms with Crippen LogP contribution in [0.1, 0.15) is 44.9 Å². The second-order valence-corrected chi connectivity index (χ2v) is 9.16. The number of hydrogen-bond acceptors (Lipinski definition) is 6. The molecule has 31 heavy (non-hydrogen) atoms. The van der Waals surface area contributed by atoms with Crippen LogP contribution in [-0.2, 0) is 10.2 Å². The maximum absolute atomic E-state index is 13.5. The topological polar surface area (TPSA) is 91.6 Å². The highest BCUT2D eigenvalue weighted by molar-refractivity contribution is 6.00. The highest BCUT2D eigenvalue weighted by atomic mass is 16.2. The zero-order valence-electron chi connectivity index (χ0n) is 18.2. The van der Waals surface area contributed by atoms with Crippen molar-refractivity contribution in [1.82, 2.24) is 20.8 Å². The molecule has 3 aliphatic heterocycles. The lowest BCUT2D eigenvalue weighted by Crippen LogP contribution is -2.58. The molecule has 0 bridgehead atoms. The highest BCUT2D eigenvalue weighted by Gasteiger charge is 2.53. The van der Waals surface area contributed by atoms with Crippen LogP contribution in [0, 0.1) is 6.92 Å². The third-order valence-corrected chi connectivity index (χ3v) is 6.50. The van der Waals surface area contributed by atoms with Crippen molar-refractivity contribution in [2.45, 2.75) is 57.7 Å². The summed E-state index contributed by atoms with van der Waals surface area (Å²) in [6.07, 6.45) is 4.81. The van der Waals surface area contributed by atoms with Crippen LogP contribution in [-0.4, -0.2) is 27.8 Å². The maximum Gasteiger partial charge on any atom is 0.250 e. The predicted molar refractivity (Wildman–Crippen MR) is 118 cm³/mol. The molecule has 0 radical (unpaired) electrons. The van der Waals surface area contributed by atoms with E-state index in [-0.39, 0.29) is 17.6 Å². The van der Waals surface area contributed by atoms with Gasteiger partial charge in [0, 0.05) is 28.8 Å². The van der Waals surface area contributed by atoms with E-state index in [2.05, 4.69) is 56.2 Å². The van der Waals surface area contributed by atoms with Gasteiger partial charge in [0.25, 0.3) is 5.91 Å². The van der Waals surface area contributed by atoms with Crippen molar-refractivity contribution in [3.63, 3.8) is 0 Å². The van der Waals surface area contributed by atoms with E-state index in [1.54, 1.807) is 6.20 Å². The van der Waals surface area contributed by atoms with Gasteiger partial charge in [0.05, 0.1) is 29.1 Å². The van der Waals surface area contributed by atoms with Gasteiger partial charge in [-0.25, -0.2) is 0 Å². The molecule has 0 aliphatic carbocycles. The molecule has 1 aromatic carbocycles. The minimum Gasteiger partial charge on any atom is -0.362 e. The average Bonchev–Trinajstić information content (AvgIpc) is 3.20. The molecule has 2 N–H and O–H groups in total. The quantitative estimate of drug-likeness (QED) is 0.796. The summed E-state index contributed by atoms with van der Waals surface area (Å²) in [5, 5.41) is 23.5. The van der Waals surface area contributed by atoms with Crippen molar-refractivity contribution in [2.75, 3.05) is 0 Å². The lowest BCUT2D eigenvalue weighted by molar-refractivity contribution is -0.120. The number of carbonyl (C=O) groups is 1. The molecule has 158 valence electrons. The number of fused-ring (bicyclic) bond motifs is 1. The summed E-state index contributed by atoms with van der Waals surface area (Å²) in [6, 6.07) is 10.4. The largest absolute Gasteiger partial charge is 0.362 e. The van der Waals surface area contributed by atoms with E-state index in [0.29, 0.717) is 0 Å². The first-order valence-corrected chi connectivity index (χ1v) is 10.7. The highest BCUT2D eigenvalue weighted by Crippen LogP contribution is 2.51. The number of azo groups is 1. The molecule has 4 heterocycles. The Morgan fingerprint density at radius 1 is 1.19 bits per heavy atom. The van der Waals surface area contributed by atoms with Gasteiger partial charge in [-0.2, -0.15) is 20.4 Å². The number of rotatable bonds is 3. The summed E-state index contributed by atoms with van der Waals surface area (Å²) in [7, 11) is 0. The number of hydrogen-bond donors (Lipinski definition) is 2. The minimum atomic E-state index is -0.596. The number of carbonyl (C=O) groups excluding carboxylic acids is 1. The summed E-state index contributed by atoms with van der Waals surface area (Å²) < 4.78 is 0. The smallest absolute Gasteiger partial charge is 0.250 e. The molecule has 3 aliphatic rings. The zero-order valence-corrected chi connectivity index (χ0v) is 18.2. The molecule has 0 saturated carbocycles. The fourth-order valence-corrected chi connectivity index (χ4v) is 5.20. The molecule has 0 fully saturated rings. The van der Waals surface area contributed by atoms with Gasteiger partial charge in [-0.3, -0.25) is 4.79 Å². The van der Waals surface area contributed by atoms with Crippen LogP contribution in [0.4, 0.5) is 0 Å². The van der Waals surface area contributed by atoms with E-state index < -0.39 is 5.41 Å². The molecule has 0 spiro atoms. The Bertz CT molecular complexity index is 1180. The van der Waals surface area contributed by atoms with E-state index in [1.807, 2.05) is 39.1 Å². The fourth-order valence-electron chi connectivity index (χ4n) is 5.20. The molecule has 5 rings (SSSR count). The van der Waals surface area contributed by atoms with Gasteiger partial charge in [-0.1, -0.05) is 25.1 Å². The van der Waals surface area contributed by atoms with Crippen LogP contribution in [0.15, 0.2) is 69.8 Å². The van der Waals surface area contributed by atoms with Crippen LogP contribution >= 0.6 is 0 Å². The lowest BCUT2D eigenvalue weighted by Gasteiger charge is -2.48. The normalized spacial score (nSPS) is 26.0. The molecular formula is C24H26N6O. The minimum absolute atomic E-state index is 0.0290. The number of nitrogens with one attached hydrogen (secondary N) is 2. The zero-order chi connectivity index (χ0) is 21.8. The van der Waals surface area contributed by atoms with Crippen LogP contribution in [0.5, 0.6) is 0 Å². The van der Waals surface area contributed by atoms with E-state index in [4.69, 9.17) is 0 Å². The Balaban J connectivity index is 1.73. The summed E-state index contributed by atoms with van der Waals surface area (Å²) in [4.78, 5) is 13.5. The Morgan fingerprint density at radius 2 is 2.03 bits per heavy atom. The summed E-state index contributed by atoms with van der Waals surface area (Å²) in [5.41, 5.74) is 5.83. The van der Waals surface area contributed by atoms with Crippen LogP contribution < -0.4 is 10.6 Å². The molecule has 2 aromatic rings.